The van der Waals surface area contributed by atoms with Gasteiger partial charge in [-0.05, 0) is 25.0 Å². The van der Waals surface area contributed by atoms with Gasteiger partial charge in [0.05, 0.1) is 0 Å². The quantitative estimate of drug-likeness (QED) is 0.772. The number of nitrogens with zero attached hydrogens (tertiary/aromatic N) is 2. The second-order valence-corrected chi connectivity index (χ2v) is 8.35. The number of hydrogen-bond donors (Lipinski definition) is 0. The summed E-state index contributed by atoms with van der Waals surface area (Å²) in [6.07, 6.45) is 5.05. The van der Waals surface area contributed by atoms with Crippen LogP contribution in [0.4, 0.5) is 4.39 Å². The van der Waals surface area contributed by atoms with Crippen molar-refractivity contribution >= 4 is 21.8 Å². The summed E-state index contributed by atoms with van der Waals surface area (Å²) in [6.45, 7) is 2.19. The van der Waals surface area contributed by atoms with Crippen LogP contribution in [0.3, 0.4) is 0 Å². The summed E-state index contributed by atoms with van der Waals surface area (Å²) in [4.78, 5) is 0. The van der Waals surface area contributed by atoms with Gasteiger partial charge in [0.25, 0.3) is 10.2 Å². The Morgan fingerprint density at radius 2 is 1.91 bits per heavy atom. The normalized spacial score (nSPS) is 17.1. The molecule has 1 saturated carbocycles. The first kappa shape index (κ1) is 18.6. The maximum Gasteiger partial charge on any atom is 0.282 e. The Labute approximate surface area is 143 Å². The molecule has 1 aromatic carbocycles. The van der Waals surface area contributed by atoms with E-state index in [1.54, 1.807) is 10.4 Å². The lowest BCUT2D eigenvalue weighted by Gasteiger charge is -2.35. The first-order chi connectivity index (χ1) is 10.9. The van der Waals surface area contributed by atoms with E-state index in [1.165, 1.54) is 23.5 Å². The lowest BCUT2D eigenvalue weighted by molar-refractivity contribution is 0.244. The Bertz CT molecular complexity index is 613. The third-order valence-electron chi connectivity index (χ3n) is 4.43. The van der Waals surface area contributed by atoms with Gasteiger partial charge in [-0.25, -0.2) is 4.39 Å². The summed E-state index contributed by atoms with van der Waals surface area (Å²) in [5.41, 5.74) is 0.208. The fourth-order valence-electron chi connectivity index (χ4n) is 3.15. The van der Waals surface area contributed by atoms with Crippen LogP contribution in [0.2, 0.25) is 5.02 Å². The molecule has 0 amide bonds. The Balaban J connectivity index is 2.19. The molecule has 23 heavy (non-hydrogen) atoms. The third kappa shape index (κ3) is 4.24. The average molecular weight is 363 g/mol. The minimum atomic E-state index is -3.64. The van der Waals surface area contributed by atoms with Crippen molar-refractivity contribution in [3.05, 3.63) is 34.6 Å². The van der Waals surface area contributed by atoms with Crippen molar-refractivity contribution in [2.24, 2.45) is 0 Å². The summed E-state index contributed by atoms with van der Waals surface area (Å²) < 4.78 is 42.4. The zero-order valence-corrected chi connectivity index (χ0v) is 15.2. The molecule has 0 aromatic heterocycles. The van der Waals surface area contributed by atoms with Gasteiger partial charge < -0.3 is 0 Å². The molecular formula is C16H24ClFN2O2S. The van der Waals surface area contributed by atoms with E-state index in [1.807, 2.05) is 6.92 Å². The zero-order chi connectivity index (χ0) is 17.0. The van der Waals surface area contributed by atoms with Crippen molar-refractivity contribution in [1.29, 1.82) is 0 Å². The van der Waals surface area contributed by atoms with Gasteiger partial charge in [-0.2, -0.15) is 17.0 Å². The molecule has 0 atom stereocenters. The lowest BCUT2D eigenvalue weighted by atomic mass is 9.95. The number of rotatable bonds is 6. The van der Waals surface area contributed by atoms with Crippen LogP contribution >= 0.6 is 11.6 Å². The molecule has 0 bridgehead atoms. The van der Waals surface area contributed by atoms with Crippen molar-refractivity contribution in [2.75, 3.05) is 13.6 Å². The summed E-state index contributed by atoms with van der Waals surface area (Å²) >= 11 is 6.01. The van der Waals surface area contributed by atoms with Crippen LogP contribution < -0.4 is 0 Å². The van der Waals surface area contributed by atoms with Crippen LogP contribution in [-0.2, 0) is 16.8 Å². The second kappa shape index (κ2) is 7.92. The highest BCUT2D eigenvalue weighted by Crippen LogP contribution is 2.27. The molecule has 4 nitrogen and oxygen atoms in total. The van der Waals surface area contributed by atoms with Crippen LogP contribution in [0.25, 0.3) is 0 Å². The highest BCUT2D eigenvalue weighted by molar-refractivity contribution is 7.86. The predicted molar refractivity (Wildman–Crippen MR) is 91.0 cm³/mol. The smallest absolute Gasteiger partial charge is 0.207 e. The highest BCUT2D eigenvalue weighted by Gasteiger charge is 2.33. The molecule has 0 radical (unpaired) electrons. The molecule has 2 rings (SSSR count). The third-order valence-corrected chi connectivity index (χ3v) is 6.85. The van der Waals surface area contributed by atoms with E-state index in [2.05, 4.69) is 0 Å². The summed E-state index contributed by atoms with van der Waals surface area (Å²) in [7, 11) is -2.17. The van der Waals surface area contributed by atoms with Crippen LogP contribution in [0.5, 0.6) is 0 Å². The standard InChI is InChI=1S/C16H24ClFN2O2S/c1-3-20(13-8-5-4-6-9-13)23(21,22)19(2)12-14-15(17)10-7-11-16(14)18/h7,10-11,13H,3-6,8-9,12H2,1-2H3. The topological polar surface area (TPSA) is 40.6 Å². The fraction of sp³-hybridized carbons (Fsp3) is 0.625. The fourth-order valence-corrected chi connectivity index (χ4v) is 4.93. The monoisotopic (exact) mass is 362 g/mol. The molecule has 0 aliphatic heterocycles. The molecule has 0 spiro atoms. The maximum atomic E-state index is 13.9. The number of hydrogen-bond acceptors (Lipinski definition) is 2. The first-order valence-electron chi connectivity index (χ1n) is 8.04. The second-order valence-electron chi connectivity index (χ2n) is 5.96. The molecule has 0 heterocycles. The molecule has 1 fully saturated rings. The van der Waals surface area contributed by atoms with E-state index < -0.39 is 16.0 Å². The lowest BCUT2D eigenvalue weighted by Crippen LogP contribution is -2.47. The van der Waals surface area contributed by atoms with E-state index >= 15 is 0 Å². The van der Waals surface area contributed by atoms with E-state index in [0.717, 1.165) is 32.1 Å². The predicted octanol–water partition coefficient (Wildman–Crippen LogP) is 3.81. The number of halogens is 2. The largest absolute Gasteiger partial charge is 0.282 e. The van der Waals surface area contributed by atoms with Crippen molar-refractivity contribution in [2.45, 2.75) is 51.6 Å². The van der Waals surface area contributed by atoms with Gasteiger partial charge in [0.15, 0.2) is 0 Å². The Hall–Kier alpha value is -0.690. The minimum Gasteiger partial charge on any atom is -0.207 e. The molecule has 0 unspecified atom stereocenters. The van der Waals surface area contributed by atoms with Crippen molar-refractivity contribution in [3.63, 3.8) is 0 Å². The first-order valence-corrected chi connectivity index (χ1v) is 9.81. The number of benzene rings is 1. The zero-order valence-electron chi connectivity index (χ0n) is 13.6. The Morgan fingerprint density at radius 1 is 1.26 bits per heavy atom. The molecule has 1 aromatic rings. The van der Waals surface area contributed by atoms with Gasteiger partial charge in [-0.3, -0.25) is 0 Å². The van der Waals surface area contributed by atoms with Gasteiger partial charge >= 0.3 is 0 Å². The summed E-state index contributed by atoms with van der Waals surface area (Å²) in [5.74, 6) is -0.486. The minimum absolute atomic E-state index is 0.0392. The van der Waals surface area contributed by atoms with E-state index in [0.29, 0.717) is 6.54 Å². The van der Waals surface area contributed by atoms with Crippen LogP contribution in [0.15, 0.2) is 18.2 Å². The Kier molecular flexibility index (Phi) is 6.42. The molecular weight excluding hydrogens is 339 g/mol. The Morgan fingerprint density at radius 3 is 2.48 bits per heavy atom. The summed E-state index contributed by atoms with van der Waals surface area (Å²) in [5, 5.41) is 0.243. The van der Waals surface area contributed by atoms with E-state index in [4.69, 9.17) is 11.6 Å². The van der Waals surface area contributed by atoms with Crippen molar-refractivity contribution < 1.29 is 12.8 Å². The van der Waals surface area contributed by atoms with Crippen molar-refractivity contribution in [1.82, 2.24) is 8.61 Å². The maximum absolute atomic E-state index is 13.9. The van der Waals surface area contributed by atoms with Crippen LogP contribution in [0.1, 0.15) is 44.6 Å². The van der Waals surface area contributed by atoms with Gasteiger partial charge in [0, 0.05) is 36.8 Å². The van der Waals surface area contributed by atoms with E-state index in [9.17, 15) is 12.8 Å². The highest BCUT2D eigenvalue weighted by atomic mass is 35.5. The van der Waals surface area contributed by atoms with Crippen molar-refractivity contribution in [3.8, 4) is 0 Å². The van der Waals surface area contributed by atoms with Gasteiger partial charge in [0.2, 0.25) is 0 Å². The summed E-state index contributed by atoms with van der Waals surface area (Å²) in [6, 6.07) is 4.41. The SMILES string of the molecule is CCN(C1CCCCC1)S(=O)(=O)N(C)Cc1c(F)cccc1Cl. The van der Waals surface area contributed by atoms with Gasteiger partial charge in [0.1, 0.15) is 5.82 Å². The van der Waals surface area contributed by atoms with Gasteiger partial charge in [-0.1, -0.05) is 43.9 Å². The molecule has 130 valence electrons. The molecule has 1 aliphatic carbocycles. The molecule has 0 saturated heterocycles. The van der Waals surface area contributed by atoms with E-state index in [-0.39, 0.29) is 23.2 Å². The van der Waals surface area contributed by atoms with Gasteiger partial charge in [-0.15, -0.1) is 0 Å². The molecule has 7 heteroatoms. The van der Waals surface area contributed by atoms with Crippen LogP contribution in [-0.4, -0.2) is 36.7 Å². The molecule has 1 aliphatic rings. The van der Waals surface area contributed by atoms with Crippen LogP contribution in [0, 0.1) is 5.82 Å². The molecule has 0 N–H and O–H groups in total. The average Bonchev–Trinajstić information content (AvgIpc) is 2.52.